The summed E-state index contributed by atoms with van der Waals surface area (Å²) >= 11 is 0. The number of ether oxygens (including phenoxy) is 1. The van der Waals surface area contributed by atoms with Crippen LogP contribution in [-0.2, 0) is 15.4 Å². The average molecular weight is 484 g/mol. The molecule has 0 radical (unpaired) electrons. The molecule has 2 aromatic carbocycles. The lowest BCUT2D eigenvalue weighted by molar-refractivity contribution is 0.396. The molecule has 9 nitrogen and oxygen atoms in total. The molecule has 3 N–H and O–H groups in total. The number of benzene rings is 2. The highest BCUT2D eigenvalue weighted by molar-refractivity contribution is 7.92. The van der Waals surface area contributed by atoms with Gasteiger partial charge in [-0.1, -0.05) is 32.6 Å². The first-order valence-electron chi connectivity index (χ1n) is 10.2. The van der Waals surface area contributed by atoms with E-state index in [1.165, 1.54) is 42.1 Å². The molecule has 0 atom stereocenters. The Morgan fingerprint density at radius 2 is 1.74 bits per heavy atom. The van der Waals surface area contributed by atoms with E-state index >= 15 is 0 Å². The van der Waals surface area contributed by atoms with E-state index in [1.807, 2.05) is 20.8 Å². The first-order chi connectivity index (χ1) is 15.8. The molecular formula is C24H25N3O6S. The number of hydrogen-bond donors (Lipinski definition) is 3. The molecular weight excluding hydrogens is 458 g/mol. The van der Waals surface area contributed by atoms with Gasteiger partial charge in [-0.05, 0) is 29.7 Å². The van der Waals surface area contributed by atoms with Gasteiger partial charge in [0.1, 0.15) is 11.5 Å². The van der Waals surface area contributed by atoms with Crippen LogP contribution in [0.5, 0.6) is 11.5 Å². The molecule has 1 heterocycles. The maximum Gasteiger partial charge on any atom is 0.332 e. The zero-order chi connectivity index (χ0) is 25.3. The number of methoxy groups -OCH3 is 1. The third-order valence-corrected chi connectivity index (χ3v) is 5.43. The summed E-state index contributed by atoms with van der Waals surface area (Å²) in [7, 11) is -1.97. The van der Waals surface area contributed by atoms with Crippen molar-refractivity contribution in [1.29, 1.82) is 0 Å². The van der Waals surface area contributed by atoms with E-state index in [9.17, 15) is 23.1 Å². The summed E-state index contributed by atoms with van der Waals surface area (Å²) in [4.78, 5) is 26.1. The summed E-state index contributed by atoms with van der Waals surface area (Å²) in [6.45, 7) is 5.96. The maximum atomic E-state index is 12.4. The van der Waals surface area contributed by atoms with E-state index in [1.54, 1.807) is 12.1 Å². The summed E-state index contributed by atoms with van der Waals surface area (Å²) < 4.78 is 32.0. The second kappa shape index (κ2) is 9.11. The summed E-state index contributed by atoms with van der Waals surface area (Å²) in [5.41, 5.74) is 0.728. The number of rotatable bonds is 4. The Morgan fingerprint density at radius 3 is 2.29 bits per heavy atom. The van der Waals surface area contributed by atoms with Crippen LogP contribution in [0.25, 0.3) is 5.69 Å². The molecule has 0 aliphatic heterocycles. The molecule has 0 amide bonds. The van der Waals surface area contributed by atoms with Crippen molar-refractivity contribution < 1.29 is 18.3 Å². The first kappa shape index (κ1) is 24.7. The van der Waals surface area contributed by atoms with Gasteiger partial charge in [0.15, 0.2) is 0 Å². The maximum absolute atomic E-state index is 12.4. The highest BCUT2D eigenvalue weighted by Crippen LogP contribution is 2.36. The van der Waals surface area contributed by atoms with Crippen molar-refractivity contribution in [1.82, 2.24) is 9.55 Å². The number of aromatic nitrogens is 2. The summed E-state index contributed by atoms with van der Waals surface area (Å²) in [6.07, 6.45) is 2.39. The molecule has 3 aromatic rings. The number of hydrogen-bond acceptors (Lipinski definition) is 6. The van der Waals surface area contributed by atoms with Gasteiger partial charge in [-0.2, -0.15) is 0 Å². The normalized spacial score (nSPS) is 11.4. The van der Waals surface area contributed by atoms with E-state index in [0.717, 1.165) is 11.8 Å². The number of nitrogens with zero attached hydrogens (tertiary/aromatic N) is 1. The molecule has 10 heteroatoms. The molecule has 178 valence electrons. The van der Waals surface area contributed by atoms with Crippen LogP contribution in [0.15, 0.2) is 52.2 Å². The number of nitrogens with one attached hydrogen (secondary N) is 2. The monoisotopic (exact) mass is 483 g/mol. The number of phenolic OH excluding ortho intramolecular Hbond substituents is 1. The number of aromatic hydroxyl groups is 1. The molecule has 1 aromatic heterocycles. The number of aromatic amines is 1. The quantitative estimate of drug-likeness (QED) is 0.488. The van der Waals surface area contributed by atoms with Crippen LogP contribution in [0.2, 0.25) is 0 Å². The van der Waals surface area contributed by atoms with Gasteiger partial charge in [-0.3, -0.25) is 19.1 Å². The second-order valence-corrected chi connectivity index (χ2v) is 10.4. The van der Waals surface area contributed by atoms with E-state index in [2.05, 4.69) is 21.5 Å². The minimum Gasteiger partial charge on any atom is -0.507 e. The lowest BCUT2D eigenvalue weighted by Crippen LogP contribution is -2.28. The lowest BCUT2D eigenvalue weighted by atomic mass is 9.84. The smallest absolute Gasteiger partial charge is 0.332 e. The Kier molecular flexibility index (Phi) is 6.61. The zero-order valence-corrected chi connectivity index (χ0v) is 20.2. The molecule has 0 fully saturated rings. The zero-order valence-electron chi connectivity index (χ0n) is 19.4. The van der Waals surface area contributed by atoms with Crippen molar-refractivity contribution in [3.8, 4) is 29.0 Å². The van der Waals surface area contributed by atoms with E-state index in [0.29, 0.717) is 17.0 Å². The lowest BCUT2D eigenvalue weighted by Gasteiger charge is -2.24. The van der Waals surface area contributed by atoms with Crippen LogP contribution in [-0.4, -0.2) is 36.4 Å². The Morgan fingerprint density at radius 1 is 1.06 bits per heavy atom. The van der Waals surface area contributed by atoms with Crippen LogP contribution in [0.4, 0.5) is 5.69 Å². The van der Waals surface area contributed by atoms with Gasteiger partial charge in [-0.25, -0.2) is 13.2 Å². The Labute approximate surface area is 197 Å². The van der Waals surface area contributed by atoms with Gasteiger partial charge < -0.3 is 9.84 Å². The second-order valence-electron chi connectivity index (χ2n) is 8.66. The predicted octanol–water partition coefficient (Wildman–Crippen LogP) is 2.31. The minimum absolute atomic E-state index is 0.204. The Balaban J connectivity index is 2.18. The molecule has 0 saturated carbocycles. The van der Waals surface area contributed by atoms with Gasteiger partial charge in [0.25, 0.3) is 5.56 Å². The largest absolute Gasteiger partial charge is 0.507 e. The van der Waals surface area contributed by atoms with Gasteiger partial charge >= 0.3 is 5.69 Å². The number of sulfonamides is 1. The van der Waals surface area contributed by atoms with Gasteiger partial charge in [0.2, 0.25) is 10.0 Å². The topological polar surface area (TPSA) is 130 Å². The van der Waals surface area contributed by atoms with Crippen LogP contribution in [0, 0.1) is 11.8 Å². The highest BCUT2D eigenvalue weighted by atomic mass is 32.2. The van der Waals surface area contributed by atoms with Crippen molar-refractivity contribution in [3.63, 3.8) is 0 Å². The average Bonchev–Trinajstić information content (AvgIpc) is 2.70. The molecule has 3 rings (SSSR count). The van der Waals surface area contributed by atoms with E-state index in [4.69, 9.17) is 4.74 Å². The van der Waals surface area contributed by atoms with Crippen molar-refractivity contribution >= 4 is 15.7 Å². The van der Waals surface area contributed by atoms with Crippen molar-refractivity contribution in [3.05, 3.63) is 80.1 Å². The van der Waals surface area contributed by atoms with Crippen LogP contribution in [0.1, 0.15) is 37.5 Å². The highest BCUT2D eigenvalue weighted by Gasteiger charge is 2.23. The summed E-state index contributed by atoms with van der Waals surface area (Å²) in [5, 5.41) is 10.3. The van der Waals surface area contributed by atoms with Crippen molar-refractivity contribution in [2.75, 3.05) is 18.1 Å². The van der Waals surface area contributed by atoms with Crippen LogP contribution < -0.4 is 20.7 Å². The minimum atomic E-state index is -3.49. The Bertz CT molecular complexity index is 1530. The number of anilines is 1. The fraction of sp³-hybridized carbons (Fsp3) is 0.250. The molecule has 34 heavy (non-hydrogen) atoms. The third-order valence-electron chi connectivity index (χ3n) is 4.82. The predicted molar refractivity (Wildman–Crippen MR) is 130 cm³/mol. The third kappa shape index (κ3) is 5.68. The SMILES string of the molecule is COc1c(C#Cc2ccc(NS(C)(=O)=O)cc2O)cc(-n2ccc(=O)[nH]c2=O)cc1C(C)(C)C. The molecule has 0 spiro atoms. The molecule has 0 aliphatic rings. The molecule has 0 bridgehead atoms. The first-order valence-corrected chi connectivity index (χ1v) is 12.1. The fourth-order valence-electron chi connectivity index (χ4n) is 3.29. The molecule has 0 saturated heterocycles. The van der Waals surface area contributed by atoms with Crippen molar-refractivity contribution in [2.45, 2.75) is 26.2 Å². The van der Waals surface area contributed by atoms with Gasteiger partial charge in [0, 0.05) is 23.9 Å². The van der Waals surface area contributed by atoms with E-state index < -0.39 is 21.3 Å². The fourth-order valence-corrected chi connectivity index (χ4v) is 3.85. The Hall–Kier alpha value is -3.97. The van der Waals surface area contributed by atoms with Crippen molar-refractivity contribution in [2.24, 2.45) is 0 Å². The summed E-state index contributed by atoms with van der Waals surface area (Å²) in [6, 6.07) is 8.93. The summed E-state index contributed by atoms with van der Waals surface area (Å²) in [5.74, 6) is 6.16. The molecule has 0 unspecified atom stereocenters. The van der Waals surface area contributed by atoms with Crippen LogP contribution >= 0.6 is 0 Å². The van der Waals surface area contributed by atoms with Gasteiger partial charge in [0.05, 0.1) is 35.9 Å². The standard InChI is InChI=1S/C24H25N3O6S/c1-24(2,3)19-14-18(27-11-10-21(29)25-23(27)30)12-16(22(19)33-4)7-6-15-8-9-17(13-20(15)28)26-34(5,31)32/h8-14,26,28H,1-5H3,(H,25,29,30). The van der Waals surface area contributed by atoms with Crippen LogP contribution in [0.3, 0.4) is 0 Å². The molecule has 0 aliphatic carbocycles. The van der Waals surface area contributed by atoms with E-state index in [-0.39, 0.29) is 22.4 Å². The number of phenols is 1. The number of H-pyrrole nitrogens is 1. The van der Waals surface area contributed by atoms with Gasteiger partial charge in [-0.15, -0.1) is 0 Å².